The third-order valence-electron chi connectivity index (χ3n) is 7.06. The molecule has 0 atom stereocenters. The van der Waals surface area contributed by atoms with E-state index in [1.54, 1.807) is 43.5 Å². The van der Waals surface area contributed by atoms with Gasteiger partial charge in [-0.3, -0.25) is 14.9 Å². The smallest absolute Gasteiger partial charge is 0.282 e. The molecule has 0 amide bonds. The number of nitrogens with zero attached hydrogens (tertiary/aromatic N) is 5. The van der Waals surface area contributed by atoms with E-state index in [1.807, 2.05) is 61.5 Å². The van der Waals surface area contributed by atoms with Gasteiger partial charge in [0.25, 0.3) is 11.2 Å². The van der Waals surface area contributed by atoms with Crippen molar-refractivity contribution in [1.29, 1.82) is 0 Å². The van der Waals surface area contributed by atoms with Gasteiger partial charge in [0.05, 0.1) is 34.5 Å². The lowest BCUT2D eigenvalue weighted by Crippen LogP contribution is -2.20. The molecule has 0 unspecified atom stereocenters. The standard InChI is InChI=1S/C33H27N5O6/c1-36(2)23-15-14-22(30(17-23)43-20-21-8-6-9-24(16-21)38(40)41)19-34-37-32(35-27-11-5-4-10-25(27)33(37)39)31-18-26-28(42-3)12-7-13-29(26)44-31/h4-19H,20H2,1-3H3. The Kier molecular flexibility index (Phi) is 7.51. The summed E-state index contributed by atoms with van der Waals surface area (Å²) < 4.78 is 19.0. The molecule has 0 spiro atoms. The number of fused-ring (bicyclic) bond motifs is 2. The number of anilines is 1. The van der Waals surface area contributed by atoms with Crippen molar-refractivity contribution in [1.82, 2.24) is 9.66 Å². The summed E-state index contributed by atoms with van der Waals surface area (Å²) in [6.07, 6.45) is 1.52. The summed E-state index contributed by atoms with van der Waals surface area (Å²) in [5.41, 5.74) is 2.77. The minimum Gasteiger partial charge on any atom is -0.496 e. The van der Waals surface area contributed by atoms with E-state index < -0.39 is 4.92 Å². The summed E-state index contributed by atoms with van der Waals surface area (Å²) in [5.74, 6) is 1.66. The lowest BCUT2D eigenvalue weighted by molar-refractivity contribution is -0.384. The molecular formula is C33H27N5O6. The molecule has 11 nitrogen and oxygen atoms in total. The highest BCUT2D eigenvalue weighted by Gasteiger charge is 2.18. The van der Waals surface area contributed by atoms with Gasteiger partial charge in [-0.2, -0.15) is 9.78 Å². The van der Waals surface area contributed by atoms with Crippen molar-refractivity contribution in [3.05, 3.63) is 123 Å². The Balaban J connectivity index is 1.44. The fraction of sp³-hybridized carbons (Fsp3) is 0.121. The van der Waals surface area contributed by atoms with E-state index in [1.165, 1.54) is 23.0 Å². The number of furan rings is 1. The molecule has 0 aliphatic rings. The summed E-state index contributed by atoms with van der Waals surface area (Å²) in [4.78, 5) is 31.2. The van der Waals surface area contributed by atoms with Gasteiger partial charge < -0.3 is 18.8 Å². The van der Waals surface area contributed by atoms with Crippen LogP contribution in [0.15, 0.2) is 105 Å². The maximum atomic E-state index is 13.8. The minimum atomic E-state index is -0.445. The monoisotopic (exact) mass is 589 g/mol. The number of para-hydroxylation sites is 1. The highest BCUT2D eigenvalue weighted by atomic mass is 16.6. The van der Waals surface area contributed by atoms with Gasteiger partial charge in [-0.05, 0) is 48.0 Å². The predicted octanol–water partition coefficient (Wildman–Crippen LogP) is 6.25. The second kappa shape index (κ2) is 11.7. The maximum Gasteiger partial charge on any atom is 0.282 e. The van der Waals surface area contributed by atoms with Crippen LogP contribution >= 0.6 is 0 Å². The average molecular weight is 590 g/mol. The number of methoxy groups -OCH3 is 1. The molecule has 6 aromatic rings. The van der Waals surface area contributed by atoms with Crippen LogP contribution in [0, 0.1) is 10.1 Å². The van der Waals surface area contributed by atoms with E-state index in [0.717, 1.165) is 11.1 Å². The van der Waals surface area contributed by atoms with Gasteiger partial charge in [0.1, 0.15) is 23.7 Å². The molecule has 0 fully saturated rings. The molecule has 0 saturated carbocycles. The normalized spacial score (nSPS) is 11.3. The minimum absolute atomic E-state index is 0.0196. The van der Waals surface area contributed by atoms with Crippen molar-refractivity contribution in [3.63, 3.8) is 0 Å². The highest BCUT2D eigenvalue weighted by Crippen LogP contribution is 2.33. The first-order chi connectivity index (χ1) is 21.3. The van der Waals surface area contributed by atoms with Crippen LogP contribution in [-0.2, 0) is 6.61 Å². The van der Waals surface area contributed by atoms with Crippen LogP contribution in [0.3, 0.4) is 0 Å². The molecule has 6 rings (SSSR count). The van der Waals surface area contributed by atoms with Gasteiger partial charge in [0, 0.05) is 43.5 Å². The van der Waals surface area contributed by atoms with Crippen molar-refractivity contribution < 1.29 is 18.8 Å². The highest BCUT2D eigenvalue weighted by molar-refractivity contribution is 5.89. The molecule has 0 aliphatic carbocycles. The summed E-state index contributed by atoms with van der Waals surface area (Å²) in [6.45, 7) is 0.0863. The molecule has 0 N–H and O–H groups in total. The van der Waals surface area contributed by atoms with E-state index in [9.17, 15) is 14.9 Å². The average Bonchev–Trinajstić information content (AvgIpc) is 3.48. The second-order valence-electron chi connectivity index (χ2n) is 10.1. The number of non-ortho nitro benzene ring substituents is 1. The van der Waals surface area contributed by atoms with Crippen molar-refractivity contribution in [2.24, 2.45) is 5.10 Å². The number of nitro groups is 1. The molecular weight excluding hydrogens is 562 g/mol. The number of nitro benzene ring substituents is 1. The molecule has 0 aliphatic heterocycles. The zero-order valence-corrected chi connectivity index (χ0v) is 24.1. The first kappa shape index (κ1) is 28.2. The molecule has 0 saturated heterocycles. The number of aromatic nitrogens is 2. The summed E-state index contributed by atoms with van der Waals surface area (Å²) in [6, 6.07) is 26.1. The maximum absolute atomic E-state index is 13.8. The zero-order chi connectivity index (χ0) is 30.8. The molecule has 2 aromatic heterocycles. The van der Waals surface area contributed by atoms with Crippen LogP contribution in [0.25, 0.3) is 33.5 Å². The molecule has 2 heterocycles. The summed E-state index contributed by atoms with van der Waals surface area (Å²) in [7, 11) is 5.39. The van der Waals surface area contributed by atoms with Crippen LogP contribution < -0.4 is 19.9 Å². The molecule has 4 aromatic carbocycles. The van der Waals surface area contributed by atoms with Crippen molar-refractivity contribution in [2.45, 2.75) is 6.61 Å². The molecule has 44 heavy (non-hydrogen) atoms. The SMILES string of the molecule is COc1cccc2oc(-c3nc4ccccc4c(=O)n3N=Cc3ccc(N(C)C)cc3OCc3cccc([N+](=O)[O-])c3)cc12. The first-order valence-electron chi connectivity index (χ1n) is 13.6. The van der Waals surface area contributed by atoms with Gasteiger partial charge >= 0.3 is 0 Å². The summed E-state index contributed by atoms with van der Waals surface area (Å²) >= 11 is 0. The van der Waals surface area contributed by atoms with Gasteiger partial charge in [0.2, 0.25) is 5.82 Å². The van der Waals surface area contributed by atoms with Gasteiger partial charge in [-0.15, -0.1) is 0 Å². The number of ether oxygens (including phenoxy) is 2. The molecule has 0 radical (unpaired) electrons. The van der Waals surface area contributed by atoms with Crippen LogP contribution in [0.1, 0.15) is 11.1 Å². The molecule has 11 heteroatoms. The zero-order valence-electron chi connectivity index (χ0n) is 24.1. The third-order valence-corrected chi connectivity index (χ3v) is 7.06. The lowest BCUT2D eigenvalue weighted by atomic mass is 10.1. The molecule has 0 bridgehead atoms. The van der Waals surface area contributed by atoms with Crippen molar-refractivity contribution in [3.8, 4) is 23.1 Å². The van der Waals surface area contributed by atoms with Crippen molar-refractivity contribution in [2.75, 3.05) is 26.1 Å². The van der Waals surface area contributed by atoms with E-state index in [0.29, 0.717) is 44.9 Å². The predicted molar refractivity (Wildman–Crippen MR) is 169 cm³/mol. The van der Waals surface area contributed by atoms with E-state index in [2.05, 4.69) is 5.10 Å². The number of hydrogen-bond acceptors (Lipinski definition) is 9. The van der Waals surface area contributed by atoms with E-state index in [4.69, 9.17) is 18.9 Å². The van der Waals surface area contributed by atoms with E-state index in [-0.39, 0.29) is 23.7 Å². The first-order valence-corrected chi connectivity index (χ1v) is 13.6. The Bertz CT molecular complexity index is 2110. The fourth-order valence-electron chi connectivity index (χ4n) is 4.79. The lowest BCUT2D eigenvalue weighted by Gasteiger charge is -2.16. The second-order valence-corrected chi connectivity index (χ2v) is 10.1. The van der Waals surface area contributed by atoms with Gasteiger partial charge in [0.15, 0.2) is 5.76 Å². The van der Waals surface area contributed by atoms with Crippen LogP contribution in [0.5, 0.6) is 11.5 Å². The topological polar surface area (TPSA) is 125 Å². The number of rotatable bonds is 9. The van der Waals surface area contributed by atoms with Crippen LogP contribution in [0.2, 0.25) is 0 Å². The fourth-order valence-corrected chi connectivity index (χ4v) is 4.79. The van der Waals surface area contributed by atoms with E-state index >= 15 is 0 Å². The Labute approximate surface area is 251 Å². The van der Waals surface area contributed by atoms with Gasteiger partial charge in [-0.25, -0.2) is 4.98 Å². The Hall–Kier alpha value is -5.97. The largest absolute Gasteiger partial charge is 0.496 e. The Morgan fingerprint density at radius 2 is 1.80 bits per heavy atom. The molecule has 220 valence electrons. The number of hydrogen-bond donors (Lipinski definition) is 0. The summed E-state index contributed by atoms with van der Waals surface area (Å²) in [5, 5.41) is 17.0. The van der Waals surface area contributed by atoms with Gasteiger partial charge in [-0.1, -0.05) is 30.3 Å². The third kappa shape index (κ3) is 5.45. The van der Waals surface area contributed by atoms with Crippen LogP contribution in [0.4, 0.5) is 11.4 Å². The van der Waals surface area contributed by atoms with Crippen LogP contribution in [-0.4, -0.2) is 42.0 Å². The van der Waals surface area contributed by atoms with Crippen molar-refractivity contribution >= 4 is 39.5 Å². The Morgan fingerprint density at radius 3 is 2.59 bits per heavy atom. The Morgan fingerprint density at radius 1 is 0.977 bits per heavy atom. The quantitative estimate of drug-likeness (QED) is 0.110. The number of benzene rings is 4.